The second-order valence-corrected chi connectivity index (χ2v) is 15.7. The van der Waals surface area contributed by atoms with Gasteiger partial charge < -0.3 is 17.7 Å². The molecule has 10 heteroatoms. The third kappa shape index (κ3) is 11.3. The van der Waals surface area contributed by atoms with Crippen molar-refractivity contribution in [2.45, 2.75) is 37.8 Å². The van der Waals surface area contributed by atoms with Crippen LogP contribution in [0, 0.1) is 0 Å². The summed E-state index contributed by atoms with van der Waals surface area (Å²) in [6, 6.07) is 0. The number of hydrogen-bond acceptors (Lipinski definition) is 8. The van der Waals surface area contributed by atoms with Crippen molar-refractivity contribution in [3.05, 3.63) is 0 Å². The van der Waals surface area contributed by atoms with Crippen LogP contribution in [0.3, 0.4) is 0 Å². The van der Waals surface area contributed by atoms with Crippen molar-refractivity contribution in [1.29, 1.82) is 0 Å². The maximum Gasteiger partial charge on any atom is 0.387 e. The maximum atomic E-state index is 5.37. The molecule has 132 valence electrons. The van der Waals surface area contributed by atoms with Crippen LogP contribution in [-0.4, -0.2) is 58.5 Å². The molecule has 2 unspecified atom stereocenters. The first kappa shape index (κ1) is 23.7. The summed E-state index contributed by atoms with van der Waals surface area (Å²) in [6.45, 7) is 4.42. The lowest BCUT2D eigenvalue weighted by atomic mass is 10.4. The molecule has 0 spiro atoms. The van der Waals surface area contributed by atoms with Gasteiger partial charge in [-0.15, -0.1) is 0 Å². The first-order valence-corrected chi connectivity index (χ1v) is 15.0. The van der Waals surface area contributed by atoms with E-state index in [1.807, 2.05) is 41.2 Å². The predicted molar refractivity (Wildman–Crippen MR) is 108 cm³/mol. The molecule has 0 amide bonds. The van der Waals surface area contributed by atoms with Crippen LogP contribution < -0.4 is 0 Å². The molecule has 0 rings (SSSR count). The molecule has 0 N–H and O–H groups in total. The van der Waals surface area contributed by atoms with Gasteiger partial charge in [-0.05, 0) is 32.5 Å². The van der Waals surface area contributed by atoms with E-state index in [9.17, 15) is 0 Å². The molecule has 0 aliphatic carbocycles. The molecule has 0 heterocycles. The van der Waals surface area contributed by atoms with Crippen molar-refractivity contribution in [1.82, 2.24) is 0 Å². The van der Waals surface area contributed by atoms with Crippen molar-refractivity contribution in [2.75, 3.05) is 39.9 Å². The summed E-state index contributed by atoms with van der Waals surface area (Å²) < 4.78 is 21.5. The van der Waals surface area contributed by atoms with Gasteiger partial charge in [-0.2, -0.15) is 0 Å². The third-order valence-electron chi connectivity index (χ3n) is 3.00. The second kappa shape index (κ2) is 16.2. The van der Waals surface area contributed by atoms with Crippen LogP contribution in [0.1, 0.15) is 26.7 Å². The van der Waals surface area contributed by atoms with Gasteiger partial charge in [0.05, 0.1) is 0 Å². The smallest absolute Gasteiger partial charge is 0.387 e. The molecule has 2 atom stereocenters. The summed E-state index contributed by atoms with van der Waals surface area (Å²) in [4.78, 5) is 0. The molecule has 0 aliphatic heterocycles. The zero-order valence-electron chi connectivity index (χ0n) is 14.2. The number of hydrogen-bond donors (Lipinski definition) is 0. The van der Waals surface area contributed by atoms with Gasteiger partial charge in [0.25, 0.3) is 0 Å². The maximum absolute atomic E-state index is 5.37. The lowest BCUT2D eigenvalue weighted by Crippen LogP contribution is -2.24. The Labute approximate surface area is 154 Å². The van der Waals surface area contributed by atoms with Gasteiger partial charge >= 0.3 is 18.6 Å². The van der Waals surface area contributed by atoms with Crippen LogP contribution in [0.5, 0.6) is 0 Å². The third-order valence-corrected chi connectivity index (χ3v) is 13.3. The molecule has 0 aliphatic rings. The van der Waals surface area contributed by atoms with E-state index < -0.39 is 18.6 Å². The van der Waals surface area contributed by atoms with Crippen molar-refractivity contribution < 1.29 is 17.7 Å². The van der Waals surface area contributed by atoms with E-state index in [1.54, 1.807) is 28.4 Å². The van der Waals surface area contributed by atoms with E-state index in [2.05, 4.69) is 13.8 Å². The Morgan fingerprint density at radius 3 is 1.27 bits per heavy atom. The summed E-state index contributed by atoms with van der Waals surface area (Å²) in [6.07, 6.45) is 2.28. The summed E-state index contributed by atoms with van der Waals surface area (Å²) >= 11 is 0. The van der Waals surface area contributed by atoms with Gasteiger partial charge in [-0.1, -0.05) is 35.4 Å². The molecule has 0 fully saturated rings. The highest BCUT2D eigenvalue weighted by Crippen LogP contribution is 2.44. The Morgan fingerprint density at radius 2 is 1.00 bits per heavy atom. The molecule has 0 saturated carbocycles. The van der Waals surface area contributed by atoms with Crippen molar-refractivity contribution in [3.8, 4) is 0 Å². The lowest BCUT2D eigenvalue weighted by Gasteiger charge is -2.16. The van der Waals surface area contributed by atoms with E-state index in [4.69, 9.17) is 17.7 Å². The van der Waals surface area contributed by atoms with E-state index in [-0.39, 0.29) is 0 Å². The van der Waals surface area contributed by atoms with Gasteiger partial charge in [-0.25, -0.2) is 0 Å². The zero-order valence-corrected chi connectivity index (χ0v) is 19.5. The average Bonchev–Trinajstić information content (AvgIpc) is 2.52. The molecule has 0 saturated heterocycles. The Balaban J connectivity index is 3.47. The van der Waals surface area contributed by atoms with Crippen LogP contribution in [0.2, 0.25) is 11.1 Å². The van der Waals surface area contributed by atoms with Crippen molar-refractivity contribution in [2.24, 2.45) is 0 Å². The molecule has 2 radical (unpaired) electrons. The van der Waals surface area contributed by atoms with Crippen LogP contribution in [0.4, 0.5) is 0 Å². The van der Waals surface area contributed by atoms with Crippen LogP contribution in [0.15, 0.2) is 0 Å². The van der Waals surface area contributed by atoms with E-state index in [1.165, 1.54) is 0 Å². The van der Waals surface area contributed by atoms with Gasteiger partial charge in [0, 0.05) is 51.0 Å². The van der Waals surface area contributed by atoms with Gasteiger partial charge in [-0.3, -0.25) is 0 Å². The van der Waals surface area contributed by atoms with Crippen LogP contribution in [-0.2, 0) is 17.7 Å². The van der Waals surface area contributed by atoms with Gasteiger partial charge in [0.2, 0.25) is 0 Å². The molecule has 0 bridgehead atoms. The average molecular weight is 421 g/mol. The zero-order chi connectivity index (χ0) is 16.8. The molecular formula is C12H28O4S4Si2. The van der Waals surface area contributed by atoms with Gasteiger partial charge in [0.1, 0.15) is 0 Å². The normalized spacial score (nSPS) is 14.7. The summed E-state index contributed by atoms with van der Waals surface area (Å²) in [5, 5.41) is 0. The Morgan fingerprint density at radius 1 is 0.682 bits per heavy atom. The topological polar surface area (TPSA) is 36.9 Å². The first-order valence-electron chi connectivity index (χ1n) is 7.08. The minimum absolute atomic E-state index is 0.523. The van der Waals surface area contributed by atoms with Crippen LogP contribution >= 0.6 is 41.2 Å². The van der Waals surface area contributed by atoms with Crippen LogP contribution in [0.25, 0.3) is 0 Å². The monoisotopic (exact) mass is 420 g/mol. The van der Waals surface area contributed by atoms with Gasteiger partial charge in [0.15, 0.2) is 0 Å². The quantitative estimate of drug-likeness (QED) is 0.213. The highest BCUT2D eigenvalue weighted by molar-refractivity contribution is 9.26. The molecule has 0 aromatic carbocycles. The fraction of sp³-hybridized carbons (Fsp3) is 1.00. The Kier molecular flexibility index (Phi) is 17.4. The fourth-order valence-corrected chi connectivity index (χ4v) is 11.3. The standard InChI is InChI=1S/C12H28O4S4Si2/c1-11(21(13-3)14-4)7-9-17-19-20-18-10-8-12(2)22(15-5)16-6/h11-12H,7-10H2,1-6H3. The Hall–Kier alpha value is 1.67. The molecule has 22 heavy (non-hydrogen) atoms. The Bertz CT molecular complexity index is 225. The van der Waals surface area contributed by atoms with E-state index in [0.717, 1.165) is 24.3 Å². The highest BCUT2D eigenvalue weighted by atomic mass is 33.7. The van der Waals surface area contributed by atoms with Crippen molar-refractivity contribution >= 4 is 59.8 Å². The first-order chi connectivity index (χ1) is 10.6. The summed E-state index contributed by atoms with van der Waals surface area (Å²) in [5.41, 5.74) is 1.05. The van der Waals surface area contributed by atoms with E-state index >= 15 is 0 Å². The minimum Gasteiger partial charge on any atom is -0.397 e. The molecule has 0 aromatic heterocycles. The predicted octanol–water partition coefficient (Wildman–Crippen LogP) is 4.79. The number of rotatable bonds is 15. The highest BCUT2D eigenvalue weighted by Gasteiger charge is 2.22. The minimum atomic E-state index is -1.08. The molecular weight excluding hydrogens is 393 g/mol. The van der Waals surface area contributed by atoms with E-state index in [0.29, 0.717) is 11.1 Å². The fourth-order valence-electron chi connectivity index (χ4n) is 1.76. The largest absolute Gasteiger partial charge is 0.397 e. The molecule has 4 nitrogen and oxygen atoms in total. The second-order valence-electron chi connectivity index (χ2n) is 4.61. The summed E-state index contributed by atoms with van der Waals surface area (Å²) in [5.74, 6) is 2.27. The lowest BCUT2D eigenvalue weighted by molar-refractivity contribution is 0.266. The summed E-state index contributed by atoms with van der Waals surface area (Å²) in [7, 11) is 12.4. The molecule has 0 aromatic rings. The van der Waals surface area contributed by atoms with Crippen molar-refractivity contribution in [3.63, 3.8) is 0 Å². The SMILES string of the molecule is CO[Si](OC)C(C)CCSSSSCCC(C)[Si](OC)OC.